The second-order valence-corrected chi connectivity index (χ2v) is 7.04. The molecule has 1 N–H and O–H groups in total. The number of halogens is 1. The van der Waals surface area contributed by atoms with Crippen molar-refractivity contribution < 1.29 is 0 Å². The number of nitrogens with one attached hydrogen (secondary N) is 1. The zero-order valence-electron chi connectivity index (χ0n) is 13.5. The highest BCUT2D eigenvalue weighted by molar-refractivity contribution is 9.10. The fourth-order valence-electron chi connectivity index (χ4n) is 2.87. The van der Waals surface area contributed by atoms with Crippen molar-refractivity contribution in [3.8, 4) is 0 Å². The molecule has 1 aliphatic rings. The van der Waals surface area contributed by atoms with Crippen molar-refractivity contribution >= 4 is 15.9 Å². The number of piperazine rings is 1. The topological polar surface area (TPSA) is 18.5 Å². The summed E-state index contributed by atoms with van der Waals surface area (Å²) in [6.45, 7) is 11.1. The first kappa shape index (κ1) is 16.9. The summed E-state index contributed by atoms with van der Waals surface area (Å²) in [5.41, 5.74) is 2.75. The highest BCUT2D eigenvalue weighted by Crippen LogP contribution is 2.22. The highest BCUT2D eigenvalue weighted by Gasteiger charge is 2.21. The Hall–Kier alpha value is -0.420. The smallest absolute Gasteiger partial charge is 0.0248 e. The molecular weight excluding hydrogens is 326 g/mol. The molecule has 1 atom stereocenters. The molecule has 2 rings (SSSR count). The van der Waals surface area contributed by atoms with E-state index in [0.717, 1.165) is 32.7 Å². The predicted molar refractivity (Wildman–Crippen MR) is 93.5 cm³/mol. The van der Waals surface area contributed by atoms with Crippen LogP contribution < -0.4 is 5.32 Å². The van der Waals surface area contributed by atoms with Gasteiger partial charge in [-0.1, -0.05) is 35.0 Å². The maximum Gasteiger partial charge on any atom is 0.0248 e. The Bertz CT molecular complexity index is 450. The van der Waals surface area contributed by atoms with Crippen molar-refractivity contribution in [2.24, 2.45) is 0 Å². The van der Waals surface area contributed by atoms with E-state index in [9.17, 15) is 0 Å². The van der Waals surface area contributed by atoms with Gasteiger partial charge in [0.15, 0.2) is 0 Å². The quantitative estimate of drug-likeness (QED) is 0.792. The van der Waals surface area contributed by atoms with Gasteiger partial charge in [-0.2, -0.15) is 0 Å². The van der Waals surface area contributed by atoms with Gasteiger partial charge >= 0.3 is 0 Å². The lowest BCUT2D eigenvalue weighted by Gasteiger charge is -2.38. The van der Waals surface area contributed by atoms with Gasteiger partial charge in [-0.25, -0.2) is 0 Å². The van der Waals surface area contributed by atoms with E-state index in [4.69, 9.17) is 0 Å². The summed E-state index contributed by atoms with van der Waals surface area (Å²) in [4.78, 5) is 4.99. The fraction of sp³-hybridized carbons (Fsp3) is 0.647. The minimum Gasteiger partial charge on any atom is -0.313 e. The minimum atomic E-state index is 0.626. The van der Waals surface area contributed by atoms with E-state index < -0.39 is 0 Å². The molecule has 21 heavy (non-hydrogen) atoms. The van der Waals surface area contributed by atoms with Gasteiger partial charge in [-0.3, -0.25) is 4.90 Å². The average molecular weight is 354 g/mol. The van der Waals surface area contributed by atoms with Gasteiger partial charge < -0.3 is 10.2 Å². The maximum atomic E-state index is 3.75. The zero-order valence-corrected chi connectivity index (χ0v) is 15.1. The number of likely N-dealkylation sites (N-methyl/N-ethyl adjacent to an activating group) is 1. The van der Waals surface area contributed by atoms with Crippen molar-refractivity contribution in [3.05, 3.63) is 33.8 Å². The molecule has 0 spiro atoms. The predicted octanol–water partition coefficient (Wildman–Crippen LogP) is 3.08. The van der Waals surface area contributed by atoms with E-state index in [0.29, 0.717) is 6.04 Å². The monoisotopic (exact) mass is 353 g/mol. The Morgan fingerprint density at radius 3 is 2.81 bits per heavy atom. The first-order valence-corrected chi connectivity index (χ1v) is 8.80. The van der Waals surface area contributed by atoms with E-state index in [2.05, 4.69) is 70.1 Å². The first-order valence-electron chi connectivity index (χ1n) is 8.00. The Labute approximate surface area is 137 Å². The number of rotatable bonds is 6. The lowest BCUT2D eigenvalue weighted by atomic mass is 10.1. The van der Waals surface area contributed by atoms with Gasteiger partial charge in [0.1, 0.15) is 0 Å². The third kappa shape index (κ3) is 5.06. The molecule has 1 fully saturated rings. The molecule has 1 aliphatic heterocycles. The summed E-state index contributed by atoms with van der Waals surface area (Å²) in [6.07, 6.45) is 1.18. The Kier molecular flexibility index (Phi) is 6.68. The van der Waals surface area contributed by atoms with E-state index in [-0.39, 0.29) is 0 Å². The molecule has 4 heteroatoms. The number of hydrogen-bond donors (Lipinski definition) is 1. The van der Waals surface area contributed by atoms with Crippen LogP contribution in [0.1, 0.15) is 31.4 Å². The normalized spacial score (nSPS) is 20.9. The number of nitrogens with zero attached hydrogens (tertiary/aromatic N) is 2. The third-order valence-corrected chi connectivity index (χ3v) is 4.95. The molecule has 0 radical (unpaired) electrons. The van der Waals surface area contributed by atoms with Crippen LogP contribution in [0.25, 0.3) is 0 Å². The van der Waals surface area contributed by atoms with Crippen molar-refractivity contribution in [1.82, 2.24) is 15.1 Å². The summed E-state index contributed by atoms with van der Waals surface area (Å²) < 4.78 is 1.24. The van der Waals surface area contributed by atoms with Crippen LogP contribution >= 0.6 is 15.9 Å². The molecule has 1 aromatic carbocycles. The second kappa shape index (κ2) is 8.28. The Morgan fingerprint density at radius 2 is 2.14 bits per heavy atom. The van der Waals surface area contributed by atoms with Gasteiger partial charge in [-0.15, -0.1) is 0 Å². The Morgan fingerprint density at radius 1 is 1.33 bits per heavy atom. The first-order chi connectivity index (χ1) is 10.1. The summed E-state index contributed by atoms with van der Waals surface area (Å²) in [5.74, 6) is 0. The largest absolute Gasteiger partial charge is 0.313 e. The van der Waals surface area contributed by atoms with Crippen LogP contribution in [0.4, 0.5) is 0 Å². The lowest BCUT2D eigenvalue weighted by Crippen LogP contribution is -2.49. The summed E-state index contributed by atoms with van der Waals surface area (Å²) in [5, 5.41) is 3.45. The molecule has 1 aromatic rings. The Balaban J connectivity index is 1.94. The molecule has 0 saturated carbocycles. The van der Waals surface area contributed by atoms with Crippen LogP contribution in [0.15, 0.2) is 22.7 Å². The molecule has 118 valence electrons. The van der Waals surface area contributed by atoms with Gasteiger partial charge in [0.25, 0.3) is 0 Å². The molecule has 0 amide bonds. The summed E-state index contributed by atoms with van der Waals surface area (Å²) in [6, 6.07) is 7.42. The third-order valence-electron chi connectivity index (χ3n) is 4.21. The fourth-order valence-corrected chi connectivity index (χ4v) is 3.42. The van der Waals surface area contributed by atoms with Crippen LogP contribution in [0.5, 0.6) is 0 Å². The molecule has 3 nitrogen and oxygen atoms in total. The van der Waals surface area contributed by atoms with E-state index in [1.54, 1.807) is 0 Å². The van der Waals surface area contributed by atoms with Crippen molar-refractivity contribution in [2.45, 2.75) is 39.4 Å². The van der Waals surface area contributed by atoms with Crippen LogP contribution in [0.3, 0.4) is 0 Å². The zero-order chi connectivity index (χ0) is 15.2. The SMILES string of the molecule is CCCNCc1ccc(CN2CCN(C)CC2C)c(Br)c1. The van der Waals surface area contributed by atoms with Crippen molar-refractivity contribution in [1.29, 1.82) is 0 Å². The highest BCUT2D eigenvalue weighted by atomic mass is 79.9. The van der Waals surface area contributed by atoms with Crippen molar-refractivity contribution in [3.63, 3.8) is 0 Å². The molecular formula is C17H28BrN3. The van der Waals surface area contributed by atoms with E-state index in [1.807, 2.05) is 0 Å². The second-order valence-electron chi connectivity index (χ2n) is 6.18. The summed E-state index contributed by atoms with van der Waals surface area (Å²) >= 11 is 3.75. The van der Waals surface area contributed by atoms with E-state index in [1.165, 1.54) is 28.6 Å². The van der Waals surface area contributed by atoms with Gasteiger partial charge in [0, 0.05) is 43.2 Å². The van der Waals surface area contributed by atoms with Gasteiger partial charge in [0.05, 0.1) is 0 Å². The summed E-state index contributed by atoms with van der Waals surface area (Å²) in [7, 11) is 2.21. The molecule has 1 heterocycles. The van der Waals surface area contributed by atoms with Crippen LogP contribution in [0.2, 0.25) is 0 Å². The van der Waals surface area contributed by atoms with Gasteiger partial charge in [-0.05, 0) is 44.1 Å². The molecule has 0 aromatic heterocycles. The average Bonchev–Trinajstić information content (AvgIpc) is 2.44. The maximum absolute atomic E-state index is 3.75. The molecule has 0 bridgehead atoms. The standard InChI is InChI=1S/C17H28BrN3/c1-4-7-19-11-15-5-6-16(17(18)10-15)13-21-9-8-20(3)12-14(21)2/h5-6,10,14,19H,4,7-9,11-13H2,1-3H3. The number of benzene rings is 1. The van der Waals surface area contributed by atoms with Crippen LogP contribution in [-0.2, 0) is 13.1 Å². The van der Waals surface area contributed by atoms with Gasteiger partial charge in [0.2, 0.25) is 0 Å². The minimum absolute atomic E-state index is 0.626. The lowest BCUT2D eigenvalue weighted by molar-refractivity contribution is 0.0936. The molecule has 0 aliphatic carbocycles. The number of hydrogen-bond acceptors (Lipinski definition) is 3. The van der Waals surface area contributed by atoms with Crippen molar-refractivity contribution in [2.75, 3.05) is 33.2 Å². The molecule has 1 unspecified atom stereocenters. The molecule has 1 saturated heterocycles. The van der Waals surface area contributed by atoms with Crippen LogP contribution in [0, 0.1) is 0 Å². The van der Waals surface area contributed by atoms with Crippen LogP contribution in [-0.4, -0.2) is 49.1 Å². The van der Waals surface area contributed by atoms with E-state index >= 15 is 0 Å².